The minimum absolute atomic E-state index is 0.155. The lowest BCUT2D eigenvalue weighted by atomic mass is 9.97. The number of halogens is 1. The number of carbonyl (C=O) groups is 3. The van der Waals surface area contributed by atoms with Crippen molar-refractivity contribution in [3.05, 3.63) is 58.1 Å². The summed E-state index contributed by atoms with van der Waals surface area (Å²) in [5.41, 5.74) is 3.34. The molecule has 7 nitrogen and oxygen atoms in total. The summed E-state index contributed by atoms with van der Waals surface area (Å²) in [5.74, 6) is -1.15. The molecule has 152 valence electrons. The van der Waals surface area contributed by atoms with Gasteiger partial charge in [0.1, 0.15) is 12.4 Å². The molecule has 0 aliphatic carbocycles. The highest BCUT2D eigenvalue weighted by molar-refractivity contribution is 6.30. The highest BCUT2D eigenvalue weighted by Gasteiger charge is 2.28. The van der Waals surface area contributed by atoms with Gasteiger partial charge in [0, 0.05) is 10.7 Å². The molecule has 0 fully saturated rings. The van der Waals surface area contributed by atoms with E-state index in [2.05, 4.69) is 10.6 Å². The molecule has 0 saturated carbocycles. The highest BCUT2D eigenvalue weighted by atomic mass is 35.5. The minimum atomic E-state index is -0.721. The van der Waals surface area contributed by atoms with Crippen LogP contribution in [-0.4, -0.2) is 31.1 Å². The normalized spacial score (nSPS) is 14.9. The Labute approximate surface area is 173 Å². The van der Waals surface area contributed by atoms with E-state index in [-0.39, 0.29) is 6.61 Å². The first-order valence-electron chi connectivity index (χ1n) is 9.08. The molecule has 0 saturated heterocycles. The number of hydrogen-bond donors (Lipinski definition) is 2. The fourth-order valence-corrected chi connectivity index (χ4v) is 3.23. The Hall–Kier alpha value is -3.06. The number of benzene rings is 2. The van der Waals surface area contributed by atoms with E-state index in [9.17, 15) is 14.4 Å². The standard InChI is InChI=1S/C21H21ClN2O5/c1-12-3-5-17(13(2)7-12)23-21(27)24-19(25)11-29-20(26)15-8-14-9-16(22)4-6-18(14)28-10-15/h3-7,9,15H,8,10-11H2,1-2H3,(H2,23,24,25,27). The van der Waals surface area contributed by atoms with Crippen LogP contribution in [0.4, 0.5) is 10.5 Å². The van der Waals surface area contributed by atoms with Crippen LogP contribution in [0.25, 0.3) is 0 Å². The molecule has 2 aromatic rings. The number of nitrogens with one attached hydrogen (secondary N) is 2. The lowest BCUT2D eigenvalue weighted by Crippen LogP contribution is -2.38. The van der Waals surface area contributed by atoms with Crippen LogP contribution in [-0.2, 0) is 20.7 Å². The molecule has 8 heteroatoms. The Balaban J connectivity index is 1.46. The molecule has 0 aromatic heterocycles. The number of rotatable bonds is 4. The van der Waals surface area contributed by atoms with Gasteiger partial charge < -0.3 is 14.8 Å². The summed E-state index contributed by atoms with van der Waals surface area (Å²) >= 11 is 5.97. The number of amides is 3. The second kappa shape index (κ2) is 8.96. The van der Waals surface area contributed by atoms with Crippen molar-refractivity contribution in [1.29, 1.82) is 0 Å². The largest absolute Gasteiger partial charge is 0.492 e. The van der Waals surface area contributed by atoms with E-state index >= 15 is 0 Å². The van der Waals surface area contributed by atoms with Crippen LogP contribution >= 0.6 is 11.6 Å². The van der Waals surface area contributed by atoms with Gasteiger partial charge in [0.2, 0.25) is 0 Å². The fourth-order valence-electron chi connectivity index (χ4n) is 3.04. The second-order valence-corrected chi connectivity index (χ2v) is 7.33. The number of anilines is 1. The Morgan fingerprint density at radius 1 is 1.17 bits per heavy atom. The zero-order chi connectivity index (χ0) is 21.0. The van der Waals surface area contributed by atoms with Crippen LogP contribution in [0.1, 0.15) is 16.7 Å². The topological polar surface area (TPSA) is 93.7 Å². The maximum Gasteiger partial charge on any atom is 0.325 e. The molecule has 1 aliphatic heterocycles. The third-order valence-electron chi connectivity index (χ3n) is 4.49. The van der Waals surface area contributed by atoms with E-state index in [1.54, 1.807) is 24.3 Å². The van der Waals surface area contributed by atoms with Crippen LogP contribution in [0.3, 0.4) is 0 Å². The number of urea groups is 1. The van der Waals surface area contributed by atoms with E-state index in [1.165, 1.54) is 0 Å². The van der Waals surface area contributed by atoms with E-state index in [4.69, 9.17) is 21.1 Å². The number of fused-ring (bicyclic) bond motifs is 1. The first kappa shape index (κ1) is 20.7. The first-order valence-corrected chi connectivity index (χ1v) is 9.45. The monoisotopic (exact) mass is 416 g/mol. The summed E-state index contributed by atoms with van der Waals surface area (Å²) in [4.78, 5) is 36.1. The zero-order valence-corrected chi connectivity index (χ0v) is 16.8. The molecule has 0 spiro atoms. The molecule has 0 radical (unpaired) electrons. The summed E-state index contributed by atoms with van der Waals surface area (Å²) in [6.07, 6.45) is 0.406. The van der Waals surface area contributed by atoms with Crippen LogP contribution < -0.4 is 15.4 Å². The Bertz CT molecular complexity index is 960. The van der Waals surface area contributed by atoms with Crippen molar-refractivity contribution in [2.75, 3.05) is 18.5 Å². The van der Waals surface area contributed by atoms with E-state index in [0.717, 1.165) is 16.7 Å². The smallest absolute Gasteiger partial charge is 0.325 e. The quantitative estimate of drug-likeness (QED) is 0.745. The Morgan fingerprint density at radius 2 is 1.97 bits per heavy atom. The first-order chi connectivity index (χ1) is 13.8. The predicted octanol–water partition coefficient (Wildman–Crippen LogP) is 3.40. The highest BCUT2D eigenvalue weighted by Crippen LogP contribution is 2.30. The molecule has 1 unspecified atom stereocenters. The number of esters is 1. The van der Waals surface area contributed by atoms with Gasteiger partial charge in [-0.3, -0.25) is 14.9 Å². The lowest BCUT2D eigenvalue weighted by Gasteiger charge is -2.24. The SMILES string of the molecule is Cc1ccc(NC(=O)NC(=O)COC(=O)C2COc3ccc(Cl)cc3C2)c(C)c1. The summed E-state index contributed by atoms with van der Waals surface area (Å²) < 4.78 is 10.6. The van der Waals surface area contributed by atoms with Crippen molar-refractivity contribution in [3.8, 4) is 5.75 Å². The van der Waals surface area contributed by atoms with Gasteiger partial charge in [-0.15, -0.1) is 0 Å². The number of carbonyl (C=O) groups excluding carboxylic acids is 3. The molecule has 29 heavy (non-hydrogen) atoms. The average Bonchev–Trinajstić information content (AvgIpc) is 2.67. The summed E-state index contributed by atoms with van der Waals surface area (Å²) in [6.45, 7) is 3.39. The van der Waals surface area contributed by atoms with Crippen molar-refractivity contribution in [2.45, 2.75) is 20.3 Å². The van der Waals surface area contributed by atoms with E-state index in [1.807, 2.05) is 26.0 Å². The van der Waals surface area contributed by atoms with Crippen LogP contribution in [0, 0.1) is 19.8 Å². The lowest BCUT2D eigenvalue weighted by molar-refractivity contribution is -0.153. The van der Waals surface area contributed by atoms with Gasteiger partial charge in [0.15, 0.2) is 6.61 Å². The predicted molar refractivity (Wildman–Crippen MR) is 108 cm³/mol. The molecule has 2 N–H and O–H groups in total. The molecular weight excluding hydrogens is 396 g/mol. The maximum absolute atomic E-state index is 12.2. The van der Waals surface area contributed by atoms with Crippen LogP contribution in [0.2, 0.25) is 5.02 Å². The van der Waals surface area contributed by atoms with Crippen molar-refractivity contribution < 1.29 is 23.9 Å². The summed E-state index contributed by atoms with van der Waals surface area (Å²) in [7, 11) is 0. The van der Waals surface area contributed by atoms with Crippen molar-refractivity contribution in [1.82, 2.24) is 5.32 Å². The van der Waals surface area contributed by atoms with Gasteiger partial charge in [-0.05, 0) is 55.7 Å². The minimum Gasteiger partial charge on any atom is -0.492 e. The number of hydrogen-bond acceptors (Lipinski definition) is 5. The Kier molecular flexibility index (Phi) is 6.39. The molecular formula is C21H21ClN2O5. The molecule has 1 atom stereocenters. The molecule has 1 heterocycles. The third kappa shape index (κ3) is 5.48. The third-order valence-corrected chi connectivity index (χ3v) is 4.73. The zero-order valence-electron chi connectivity index (χ0n) is 16.1. The Morgan fingerprint density at radius 3 is 2.72 bits per heavy atom. The van der Waals surface area contributed by atoms with Crippen LogP contribution in [0.15, 0.2) is 36.4 Å². The molecule has 2 aromatic carbocycles. The van der Waals surface area contributed by atoms with Gasteiger partial charge in [-0.1, -0.05) is 29.3 Å². The summed E-state index contributed by atoms with van der Waals surface area (Å²) in [5, 5.41) is 5.28. The second-order valence-electron chi connectivity index (χ2n) is 6.89. The van der Waals surface area contributed by atoms with E-state index in [0.29, 0.717) is 22.9 Å². The number of imide groups is 1. The van der Waals surface area contributed by atoms with Gasteiger partial charge in [0.25, 0.3) is 5.91 Å². The van der Waals surface area contributed by atoms with Crippen LogP contribution in [0.5, 0.6) is 5.75 Å². The average molecular weight is 417 g/mol. The van der Waals surface area contributed by atoms with Gasteiger partial charge in [-0.2, -0.15) is 0 Å². The number of aryl methyl sites for hydroxylation is 2. The fraction of sp³-hybridized carbons (Fsp3) is 0.286. The van der Waals surface area contributed by atoms with Crippen molar-refractivity contribution in [2.24, 2.45) is 5.92 Å². The molecule has 3 amide bonds. The summed E-state index contributed by atoms with van der Waals surface area (Å²) in [6, 6.07) is 10.0. The number of ether oxygens (including phenoxy) is 2. The molecule has 1 aliphatic rings. The van der Waals surface area contributed by atoms with Crippen molar-refractivity contribution in [3.63, 3.8) is 0 Å². The molecule has 0 bridgehead atoms. The van der Waals surface area contributed by atoms with E-state index < -0.39 is 30.4 Å². The molecule has 3 rings (SSSR count). The van der Waals surface area contributed by atoms with Gasteiger partial charge >= 0.3 is 12.0 Å². The van der Waals surface area contributed by atoms with Gasteiger partial charge in [-0.25, -0.2) is 4.79 Å². The van der Waals surface area contributed by atoms with Crippen molar-refractivity contribution >= 4 is 35.2 Å². The van der Waals surface area contributed by atoms with Gasteiger partial charge in [0.05, 0.1) is 5.92 Å². The maximum atomic E-state index is 12.2.